The van der Waals surface area contributed by atoms with Crippen LogP contribution in [0, 0.1) is 16.7 Å². The molecule has 0 amide bonds. The van der Waals surface area contributed by atoms with Crippen LogP contribution in [0.3, 0.4) is 0 Å². The van der Waals surface area contributed by atoms with Gasteiger partial charge in [-0.1, -0.05) is 13.8 Å². The summed E-state index contributed by atoms with van der Waals surface area (Å²) in [7, 11) is 0. The van der Waals surface area contributed by atoms with Crippen molar-refractivity contribution in [2.45, 2.75) is 32.6 Å². The molecule has 3 aliphatic rings. The molecular formula is C20H23BrN4O2S. The molecule has 2 N–H and O–H groups in total. The summed E-state index contributed by atoms with van der Waals surface area (Å²) in [5.41, 5.74) is 8.56. The molecule has 148 valence electrons. The van der Waals surface area contributed by atoms with Gasteiger partial charge in [0.15, 0.2) is 5.78 Å². The lowest BCUT2D eigenvalue weighted by molar-refractivity contribution is -0.119. The van der Waals surface area contributed by atoms with Gasteiger partial charge in [-0.15, -0.1) is 11.3 Å². The lowest BCUT2D eigenvalue weighted by Crippen LogP contribution is -2.53. The maximum Gasteiger partial charge on any atom is 0.162 e. The van der Waals surface area contributed by atoms with Gasteiger partial charge in [0.25, 0.3) is 0 Å². The summed E-state index contributed by atoms with van der Waals surface area (Å²) >= 11 is 5.04. The van der Waals surface area contributed by atoms with Crippen molar-refractivity contribution >= 4 is 33.0 Å². The Hall–Kier alpha value is -1.66. The second-order valence-corrected chi connectivity index (χ2v) is 10.0. The fourth-order valence-corrected chi connectivity index (χ4v) is 5.89. The Morgan fingerprint density at radius 1 is 1.36 bits per heavy atom. The van der Waals surface area contributed by atoms with E-state index in [0.29, 0.717) is 44.1 Å². The number of Topliss-reactive ketones (excluding diaryl/α,β-unsaturated/α-hetero) is 1. The standard InChI is InChI=1S/C20H23BrN4O2S/c1-20(2)8-14-18(15(26)9-20)17(16-7-12(21)11-28-16)13(10-22)19(23)25(14)24-3-5-27-6-4-24/h7,11,17H,3-6,8-9,23H2,1-2H3. The number of allylic oxidation sites excluding steroid dienone is 3. The van der Waals surface area contributed by atoms with Crippen molar-refractivity contribution in [1.82, 2.24) is 10.0 Å². The summed E-state index contributed by atoms with van der Waals surface area (Å²) in [6.07, 6.45) is 1.22. The van der Waals surface area contributed by atoms with Crippen molar-refractivity contribution in [3.8, 4) is 6.07 Å². The van der Waals surface area contributed by atoms with Gasteiger partial charge in [-0.3, -0.25) is 9.80 Å². The molecule has 1 aromatic rings. The van der Waals surface area contributed by atoms with Gasteiger partial charge in [0, 0.05) is 45.5 Å². The fourth-order valence-electron chi connectivity index (χ4n) is 4.33. The van der Waals surface area contributed by atoms with E-state index >= 15 is 0 Å². The van der Waals surface area contributed by atoms with Gasteiger partial charge in [0.1, 0.15) is 5.82 Å². The second kappa shape index (κ2) is 7.30. The molecule has 0 radical (unpaired) electrons. The maximum absolute atomic E-state index is 13.3. The summed E-state index contributed by atoms with van der Waals surface area (Å²) in [4.78, 5) is 14.3. The van der Waals surface area contributed by atoms with E-state index in [0.717, 1.165) is 27.0 Å². The molecule has 0 bridgehead atoms. The number of hydrogen-bond acceptors (Lipinski definition) is 7. The smallest absolute Gasteiger partial charge is 0.162 e. The van der Waals surface area contributed by atoms with Crippen LogP contribution in [0.4, 0.5) is 0 Å². The minimum Gasteiger partial charge on any atom is -0.383 e. The van der Waals surface area contributed by atoms with Crippen LogP contribution in [0.5, 0.6) is 0 Å². The van der Waals surface area contributed by atoms with Crippen LogP contribution in [0.1, 0.15) is 37.5 Å². The quantitative estimate of drug-likeness (QED) is 0.723. The largest absolute Gasteiger partial charge is 0.383 e. The molecule has 2 aliphatic heterocycles. The third-order valence-electron chi connectivity index (χ3n) is 5.50. The molecule has 3 heterocycles. The molecule has 1 fully saturated rings. The van der Waals surface area contributed by atoms with Crippen LogP contribution in [0.2, 0.25) is 0 Å². The van der Waals surface area contributed by atoms with Crippen LogP contribution >= 0.6 is 27.3 Å². The van der Waals surface area contributed by atoms with E-state index in [4.69, 9.17) is 10.5 Å². The van der Waals surface area contributed by atoms with Gasteiger partial charge in [-0.05, 0) is 33.8 Å². The number of halogens is 1. The molecule has 6 nitrogen and oxygen atoms in total. The number of morpholine rings is 1. The van der Waals surface area contributed by atoms with Crippen LogP contribution < -0.4 is 5.73 Å². The van der Waals surface area contributed by atoms with E-state index in [1.54, 1.807) is 11.3 Å². The average Bonchev–Trinajstić information content (AvgIpc) is 3.06. The predicted octanol–water partition coefficient (Wildman–Crippen LogP) is 3.49. The van der Waals surface area contributed by atoms with E-state index < -0.39 is 5.92 Å². The first kappa shape index (κ1) is 19.6. The van der Waals surface area contributed by atoms with Gasteiger partial charge < -0.3 is 10.5 Å². The maximum atomic E-state index is 13.3. The fraction of sp³-hybridized carbons (Fsp3) is 0.500. The van der Waals surface area contributed by atoms with E-state index in [-0.39, 0.29) is 11.2 Å². The highest BCUT2D eigenvalue weighted by Crippen LogP contribution is 2.50. The first-order chi connectivity index (χ1) is 13.3. The molecule has 0 aromatic carbocycles. The zero-order chi connectivity index (χ0) is 20.1. The SMILES string of the molecule is CC1(C)CC(=O)C2=C(C1)N(N1CCOCC1)C(N)=C(C#N)C2c1cc(Br)cs1. The van der Waals surface area contributed by atoms with Crippen LogP contribution in [0.15, 0.2) is 38.6 Å². The monoisotopic (exact) mass is 462 g/mol. The van der Waals surface area contributed by atoms with Crippen molar-refractivity contribution in [3.63, 3.8) is 0 Å². The topological polar surface area (TPSA) is 82.6 Å². The molecule has 1 aromatic heterocycles. The molecule has 0 saturated carbocycles. The number of ether oxygens (including phenoxy) is 1. The summed E-state index contributed by atoms with van der Waals surface area (Å²) < 4.78 is 6.44. The molecule has 1 saturated heterocycles. The number of thiophene rings is 1. The normalized spacial score (nSPS) is 25.7. The summed E-state index contributed by atoms with van der Waals surface area (Å²) in [5, 5.41) is 16.0. The zero-order valence-electron chi connectivity index (χ0n) is 16.0. The number of carbonyl (C=O) groups excluding carboxylic acids is 1. The number of nitriles is 1. The molecule has 1 unspecified atom stereocenters. The summed E-state index contributed by atoms with van der Waals surface area (Å²) in [6, 6.07) is 4.30. The third kappa shape index (κ3) is 3.30. The highest BCUT2D eigenvalue weighted by molar-refractivity contribution is 9.10. The Kier molecular flexibility index (Phi) is 5.12. The molecule has 8 heteroatoms. The lowest BCUT2D eigenvalue weighted by atomic mass is 9.70. The van der Waals surface area contributed by atoms with Crippen molar-refractivity contribution in [3.05, 3.63) is 43.5 Å². The van der Waals surface area contributed by atoms with Gasteiger partial charge in [-0.25, -0.2) is 5.01 Å². The van der Waals surface area contributed by atoms with E-state index in [1.165, 1.54) is 0 Å². The number of hydrazine groups is 1. The van der Waals surface area contributed by atoms with E-state index in [1.807, 2.05) is 16.5 Å². The predicted molar refractivity (Wildman–Crippen MR) is 111 cm³/mol. The number of rotatable bonds is 2. The van der Waals surface area contributed by atoms with Crippen molar-refractivity contribution in [2.24, 2.45) is 11.1 Å². The number of nitrogens with two attached hydrogens (primary N) is 1. The first-order valence-electron chi connectivity index (χ1n) is 9.35. The molecule has 1 atom stereocenters. The first-order valence-corrected chi connectivity index (χ1v) is 11.0. The number of hydrogen-bond donors (Lipinski definition) is 1. The number of carbonyl (C=O) groups is 1. The number of ketones is 1. The van der Waals surface area contributed by atoms with E-state index in [2.05, 4.69) is 40.9 Å². The molecule has 4 rings (SSSR count). The van der Waals surface area contributed by atoms with Crippen LogP contribution in [-0.2, 0) is 9.53 Å². The average molecular weight is 463 g/mol. The summed E-state index contributed by atoms with van der Waals surface area (Å²) in [5.74, 6) is 0.152. The Morgan fingerprint density at radius 2 is 2.07 bits per heavy atom. The molecular weight excluding hydrogens is 440 g/mol. The Bertz CT molecular complexity index is 921. The Balaban J connectivity index is 1.91. The highest BCUT2D eigenvalue weighted by atomic mass is 79.9. The van der Waals surface area contributed by atoms with Crippen LogP contribution in [-0.4, -0.2) is 42.1 Å². The van der Waals surface area contributed by atoms with E-state index in [9.17, 15) is 10.1 Å². The molecule has 0 spiro atoms. The van der Waals surface area contributed by atoms with Crippen LogP contribution in [0.25, 0.3) is 0 Å². The van der Waals surface area contributed by atoms with Crippen molar-refractivity contribution < 1.29 is 9.53 Å². The number of nitrogens with zero attached hydrogens (tertiary/aromatic N) is 3. The highest BCUT2D eigenvalue weighted by Gasteiger charge is 2.46. The summed E-state index contributed by atoms with van der Waals surface area (Å²) in [6.45, 7) is 6.80. The zero-order valence-corrected chi connectivity index (χ0v) is 18.4. The van der Waals surface area contributed by atoms with Gasteiger partial charge >= 0.3 is 0 Å². The second-order valence-electron chi connectivity index (χ2n) is 8.19. The van der Waals surface area contributed by atoms with Gasteiger partial charge in [-0.2, -0.15) is 5.26 Å². The minimum atomic E-state index is -0.391. The van der Waals surface area contributed by atoms with Crippen molar-refractivity contribution in [2.75, 3.05) is 26.3 Å². The lowest BCUT2D eigenvalue weighted by Gasteiger charge is -2.48. The molecule has 1 aliphatic carbocycles. The third-order valence-corrected chi connectivity index (χ3v) is 7.25. The minimum absolute atomic E-state index is 0.110. The Morgan fingerprint density at radius 3 is 2.68 bits per heavy atom. The van der Waals surface area contributed by atoms with Crippen molar-refractivity contribution in [1.29, 1.82) is 5.26 Å². The van der Waals surface area contributed by atoms with Gasteiger partial charge in [0.05, 0.1) is 30.8 Å². The van der Waals surface area contributed by atoms with Gasteiger partial charge in [0.2, 0.25) is 0 Å². The Labute approximate surface area is 177 Å². The molecule has 28 heavy (non-hydrogen) atoms.